The molecule has 1 saturated heterocycles. The van der Waals surface area contributed by atoms with Crippen molar-refractivity contribution in [1.29, 1.82) is 0 Å². The van der Waals surface area contributed by atoms with Crippen molar-refractivity contribution in [2.75, 3.05) is 40.5 Å². The molecule has 1 aromatic rings. The Morgan fingerprint density at radius 2 is 2.14 bits per heavy atom. The number of rotatable bonds is 6. The number of ether oxygens (including phenoxy) is 2. The smallest absolute Gasteiger partial charge is 0.261 e. The number of hydrogen-bond acceptors (Lipinski definition) is 5. The van der Waals surface area contributed by atoms with Gasteiger partial charge in [-0.05, 0) is 41.9 Å². The average Bonchev–Trinajstić information content (AvgIpc) is 2.87. The third-order valence-electron chi connectivity index (χ3n) is 3.84. The highest BCUT2D eigenvalue weighted by molar-refractivity contribution is 9.11. The van der Waals surface area contributed by atoms with Gasteiger partial charge in [0.1, 0.15) is 9.54 Å². The number of halogens is 2. The van der Waals surface area contributed by atoms with Gasteiger partial charge in [0.05, 0.1) is 18.6 Å². The SMILES string of the molecule is COCC1(CNC(=O)c2cc(OC)c(Br)s2)CCNCC1.Cl. The van der Waals surface area contributed by atoms with Crippen LogP contribution in [0.25, 0.3) is 0 Å². The molecule has 22 heavy (non-hydrogen) atoms. The first-order valence-electron chi connectivity index (χ1n) is 6.91. The van der Waals surface area contributed by atoms with Gasteiger partial charge < -0.3 is 20.1 Å². The van der Waals surface area contributed by atoms with Crippen molar-refractivity contribution in [3.05, 3.63) is 14.7 Å². The van der Waals surface area contributed by atoms with Gasteiger partial charge in [-0.15, -0.1) is 23.7 Å². The molecule has 1 aliphatic rings. The molecule has 1 amide bonds. The van der Waals surface area contributed by atoms with E-state index in [1.54, 1.807) is 20.3 Å². The van der Waals surface area contributed by atoms with Gasteiger partial charge in [-0.1, -0.05) is 0 Å². The van der Waals surface area contributed by atoms with E-state index in [0.29, 0.717) is 23.8 Å². The number of amides is 1. The molecule has 2 N–H and O–H groups in total. The van der Waals surface area contributed by atoms with Gasteiger partial charge in [0.2, 0.25) is 0 Å². The quantitative estimate of drug-likeness (QED) is 0.753. The minimum absolute atomic E-state index is 0. The van der Waals surface area contributed by atoms with Crippen molar-refractivity contribution in [2.45, 2.75) is 12.8 Å². The van der Waals surface area contributed by atoms with Crippen molar-refractivity contribution in [3.8, 4) is 5.75 Å². The number of hydrogen-bond donors (Lipinski definition) is 2. The van der Waals surface area contributed by atoms with E-state index in [-0.39, 0.29) is 23.7 Å². The normalized spacial score (nSPS) is 16.7. The fourth-order valence-electron chi connectivity index (χ4n) is 2.59. The number of methoxy groups -OCH3 is 2. The maximum atomic E-state index is 12.3. The van der Waals surface area contributed by atoms with E-state index < -0.39 is 0 Å². The Morgan fingerprint density at radius 1 is 1.45 bits per heavy atom. The first-order chi connectivity index (χ1) is 10.1. The summed E-state index contributed by atoms with van der Waals surface area (Å²) in [5.41, 5.74) is 0.0360. The van der Waals surface area contributed by atoms with E-state index in [2.05, 4.69) is 26.6 Å². The van der Waals surface area contributed by atoms with E-state index in [1.165, 1.54) is 11.3 Å². The van der Waals surface area contributed by atoms with Crippen LogP contribution in [0.3, 0.4) is 0 Å². The Kier molecular flexibility index (Phi) is 8.13. The Balaban J connectivity index is 0.00000242. The van der Waals surface area contributed by atoms with Gasteiger partial charge in [-0.25, -0.2) is 0 Å². The van der Waals surface area contributed by atoms with Gasteiger partial charge in [-0.3, -0.25) is 4.79 Å². The molecule has 0 aliphatic carbocycles. The number of thiophene rings is 1. The van der Waals surface area contributed by atoms with E-state index in [9.17, 15) is 4.79 Å². The molecule has 1 aromatic heterocycles. The van der Waals surface area contributed by atoms with Crippen molar-refractivity contribution >= 4 is 45.6 Å². The van der Waals surface area contributed by atoms with Gasteiger partial charge in [0, 0.05) is 25.1 Å². The maximum Gasteiger partial charge on any atom is 0.261 e. The third-order valence-corrected chi connectivity index (χ3v) is 5.62. The minimum Gasteiger partial charge on any atom is -0.495 e. The lowest BCUT2D eigenvalue weighted by Gasteiger charge is -2.37. The van der Waals surface area contributed by atoms with Crippen LogP contribution in [0, 0.1) is 5.41 Å². The average molecular weight is 414 g/mol. The summed E-state index contributed by atoms with van der Waals surface area (Å²) in [5.74, 6) is 0.636. The van der Waals surface area contributed by atoms with Crippen LogP contribution in [0.15, 0.2) is 9.85 Å². The van der Waals surface area contributed by atoms with E-state index in [1.807, 2.05) is 0 Å². The second kappa shape index (κ2) is 9.08. The zero-order valence-electron chi connectivity index (χ0n) is 12.7. The lowest BCUT2D eigenvalue weighted by molar-refractivity contribution is 0.0512. The highest BCUT2D eigenvalue weighted by atomic mass is 79.9. The van der Waals surface area contributed by atoms with Crippen LogP contribution >= 0.6 is 39.7 Å². The summed E-state index contributed by atoms with van der Waals surface area (Å²) in [6.45, 7) is 3.25. The van der Waals surface area contributed by atoms with E-state index in [0.717, 1.165) is 29.7 Å². The van der Waals surface area contributed by atoms with Crippen LogP contribution in [0.2, 0.25) is 0 Å². The summed E-state index contributed by atoms with van der Waals surface area (Å²) in [7, 11) is 3.31. The molecule has 0 radical (unpaired) electrons. The number of nitrogens with one attached hydrogen (secondary N) is 2. The molecule has 0 saturated carbocycles. The monoisotopic (exact) mass is 412 g/mol. The molecule has 0 bridgehead atoms. The molecule has 0 unspecified atom stereocenters. The van der Waals surface area contributed by atoms with Crippen LogP contribution in [-0.4, -0.2) is 46.4 Å². The predicted octanol–water partition coefficient (Wildman–Crippen LogP) is 2.69. The largest absolute Gasteiger partial charge is 0.495 e. The van der Waals surface area contributed by atoms with Crippen LogP contribution in [-0.2, 0) is 4.74 Å². The second-order valence-corrected chi connectivity index (χ2v) is 7.69. The number of piperidine rings is 1. The van der Waals surface area contributed by atoms with E-state index >= 15 is 0 Å². The standard InChI is InChI=1S/C14H21BrN2O3S.ClH/c1-19-9-14(3-5-16-6-4-14)8-17-13(18)11-7-10(20-2)12(15)21-11;/h7,16H,3-6,8-9H2,1-2H3,(H,17,18);1H. The van der Waals surface area contributed by atoms with Gasteiger partial charge in [-0.2, -0.15) is 0 Å². The van der Waals surface area contributed by atoms with Crippen LogP contribution in [0.5, 0.6) is 5.75 Å². The summed E-state index contributed by atoms with van der Waals surface area (Å²) < 4.78 is 11.4. The third kappa shape index (κ3) is 4.83. The summed E-state index contributed by atoms with van der Waals surface area (Å²) in [4.78, 5) is 12.9. The van der Waals surface area contributed by atoms with Crippen molar-refractivity contribution in [3.63, 3.8) is 0 Å². The lowest BCUT2D eigenvalue weighted by Crippen LogP contribution is -2.47. The maximum absolute atomic E-state index is 12.3. The predicted molar refractivity (Wildman–Crippen MR) is 94.6 cm³/mol. The zero-order chi connectivity index (χ0) is 15.3. The second-order valence-electron chi connectivity index (χ2n) is 5.32. The molecule has 1 fully saturated rings. The van der Waals surface area contributed by atoms with Crippen LogP contribution in [0.1, 0.15) is 22.5 Å². The molecular formula is C14H22BrClN2O3S. The fourth-order valence-corrected chi connectivity index (χ4v) is 4.16. The van der Waals surface area contributed by atoms with Crippen LogP contribution in [0.4, 0.5) is 0 Å². The van der Waals surface area contributed by atoms with Crippen molar-refractivity contribution in [1.82, 2.24) is 10.6 Å². The summed E-state index contributed by atoms with van der Waals surface area (Å²) >= 11 is 4.78. The number of carbonyl (C=O) groups excluding carboxylic acids is 1. The Labute approximate surface area is 149 Å². The lowest BCUT2D eigenvalue weighted by atomic mass is 9.79. The van der Waals surface area contributed by atoms with Crippen molar-refractivity contribution in [2.24, 2.45) is 5.41 Å². The van der Waals surface area contributed by atoms with Gasteiger partial charge in [0.25, 0.3) is 5.91 Å². The molecular weight excluding hydrogens is 392 g/mol. The highest BCUT2D eigenvalue weighted by Gasteiger charge is 2.32. The Morgan fingerprint density at radius 3 is 2.68 bits per heavy atom. The van der Waals surface area contributed by atoms with Gasteiger partial charge in [0.15, 0.2) is 0 Å². The first-order valence-corrected chi connectivity index (χ1v) is 8.52. The molecule has 1 aliphatic heterocycles. The molecule has 8 heteroatoms. The molecule has 2 heterocycles. The fraction of sp³-hybridized carbons (Fsp3) is 0.643. The summed E-state index contributed by atoms with van der Waals surface area (Å²) in [5, 5.41) is 6.39. The number of carbonyl (C=O) groups is 1. The first kappa shape index (κ1) is 19.7. The molecule has 0 spiro atoms. The molecule has 5 nitrogen and oxygen atoms in total. The molecule has 0 atom stereocenters. The van der Waals surface area contributed by atoms with Crippen LogP contribution < -0.4 is 15.4 Å². The minimum atomic E-state index is -0.0574. The van der Waals surface area contributed by atoms with Crippen molar-refractivity contribution < 1.29 is 14.3 Å². The molecule has 0 aromatic carbocycles. The van der Waals surface area contributed by atoms with Gasteiger partial charge >= 0.3 is 0 Å². The molecule has 2 rings (SSSR count). The Hall–Kier alpha value is -0.340. The Bertz CT molecular complexity index is 487. The topological polar surface area (TPSA) is 59.6 Å². The van der Waals surface area contributed by atoms with E-state index in [4.69, 9.17) is 9.47 Å². The zero-order valence-corrected chi connectivity index (χ0v) is 16.0. The highest BCUT2D eigenvalue weighted by Crippen LogP contribution is 2.34. The summed E-state index contributed by atoms with van der Waals surface area (Å²) in [6, 6.07) is 1.76. The molecule has 126 valence electrons. The summed E-state index contributed by atoms with van der Waals surface area (Å²) in [6.07, 6.45) is 2.02.